The minimum absolute atomic E-state index is 0.247. The van der Waals surface area contributed by atoms with Crippen LogP contribution in [-0.4, -0.2) is 92.6 Å². The van der Waals surface area contributed by atoms with Crippen LogP contribution in [0.5, 0.6) is 17.2 Å². The number of nitrogens with one attached hydrogen (secondary N) is 1. The first-order valence-electron chi connectivity index (χ1n) is 10.8. The number of likely N-dealkylation sites (N-methyl/N-ethyl adjacent to an activating group) is 1. The lowest BCUT2D eigenvalue weighted by Gasteiger charge is -2.33. The molecule has 8 heteroatoms. The van der Waals surface area contributed by atoms with Gasteiger partial charge >= 0.3 is 0 Å². The Hall–Kier alpha value is -2.39. The van der Waals surface area contributed by atoms with Crippen molar-refractivity contribution in [3.63, 3.8) is 0 Å². The zero-order valence-electron chi connectivity index (χ0n) is 18.5. The minimum Gasteiger partial charge on any atom is -0.497 e. The van der Waals surface area contributed by atoms with E-state index >= 15 is 0 Å². The van der Waals surface area contributed by atoms with Gasteiger partial charge in [-0.05, 0) is 25.2 Å². The molecule has 1 unspecified atom stereocenters. The van der Waals surface area contributed by atoms with E-state index in [9.17, 15) is 5.11 Å². The molecule has 2 heterocycles. The Balaban J connectivity index is 1.45. The molecule has 170 valence electrons. The molecule has 1 fully saturated rings. The molecule has 1 atom stereocenters. The molecule has 0 spiro atoms. The Labute approximate surface area is 184 Å². The van der Waals surface area contributed by atoms with E-state index in [4.69, 9.17) is 14.2 Å². The molecule has 2 N–H and O–H groups in total. The molecule has 0 amide bonds. The summed E-state index contributed by atoms with van der Waals surface area (Å²) >= 11 is 0. The maximum atomic E-state index is 10.5. The second-order valence-electron chi connectivity index (χ2n) is 7.76. The van der Waals surface area contributed by atoms with Crippen molar-refractivity contribution in [1.29, 1.82) is 0 Å². The smallest absolute Gasteiger partial charge is 0.137 e. The number of aliphatic hydroxyl groups is 1. The van der Waals surface area contributed by atoms with E-state index in [0.717, 1.165) is 49.0 Å². The van der Waals surface area contributed by atoms with E-state index < -0.39 is 6.10 Å². The third-order valence-electron chi connectivity index (χ3n) is 5.27. The van der Waals surface area contributed by atoms with Crippen LogP contribution in [0.3, 0.4) is 0 Å². The monoisotopic (exact) mass is 430 g/mol. The molecular formula is C23H34N4O4. The number of rotatable bonds is 12. The van der Waals surface area contributed by atoms with Crippen LogP contribution < -0.4 is 19.5 Å². The summed E-state index contributed by atoms with van der Waals surface area (Å²) in [5, 5.41) is 13.8. The van der Waals surface area contributed by atoms with E-state index in [1.54, 1.807) is 19.5 Å². The van der Waals surface area contributed by atoms with Crippen molar-refractivity contribution in [1.82, 2.24) is 20.1 Å². The van der Waals surface area contributed by atoms with Crippen molar-refractivity contribution in [3.8, 4) is 17.2 Å². The molecule has 31 heavy (non-hydrogen) atoms. The van der Waals surface area contributed by atoms with Gasteiger partial charge in [-0.1, -0.05) is 6.07 Å². The molecule has 8 nitrogen and oxygen atoms in total. The Morgan fingerprint density at radius 2 is 1.97 bits per heavy atom. The second kappa shape index (κ2) is 12.5. The number of piperazine rings is 1. The predicted molar refractivity (Wildman–Crippen MR) is 120 cm³/mol. The number of pyridine rings is 1. The normalized spacial score (nSPS) is 16.1. The SMILES string of the molecule is COc1ccc(CNCCOc2cccnc2)c(OCC(O)CN2CCN(C)CC2)c1. The number of aliphatic hydroxyl groups excluding tert-OH is 1. The summed E-state index contributed by atoms with van der Waals surface area (Å²) in [4.78, 5) is 8.62. The minimum atomic E-state index is -0.539. The highest BCUT2D eigenvalue weighted by atomic mass is 16.5. The second-order valence-corrected chi connectivity index (χ2v) is 7.76. The number of hydrogen-bond acceptors (Lipinski definition) is 8. The maximum absolute atomic E-state index is 10.5. The summed E-state index contributed by atoms with van der Waals surface area (Å²) < 4.78 is 17.0. The number of aromatic nitrogens is 1. The lowest BCUT2D eigenvalue weighted by molar-refractivity contribution is 0.0501. The van der Waals surface area contributed by atoms with Crippen LogP contribution in [0, 0.1) is 0 Å². The zero-order valence-corrected chi connectivity index (χ0v) is 18.5. The van der Waals surface area contributed by atoms with Crippen molar-refractivity contribution in [2.24, 2.45) is 0 Å². The van der Waals surface area contributed by atoms with E-state index in [2.05, 4.69) is 27.1 Å². The van der Waals surface area contributed by atoms with Crippen LogP contribution in [0.25, 0.3) is 0 Å². The highest BCUT2D eigenvalue weighted by Gasteiger charge is 2.18. The third-order valence-corrected chi connectivity index (χ3v) is 5.27. The Morgan fingerprint density at radius 3 is 2.71 bits per heavy atom. The van der Waals surface area contributed by atoms with E-state index in [0.29, 0.717) is 26.2 Å². The lowest BCUT2D eigenvalue weighted by Crippen LogP contribution is -2.47. The van der Waals surface area contributed by atoms with Gasteiger partial charge in [0.1, 0.15) is 36.6 Å². The molecule has 1 saturated heterocycles. The van der Waals surface area contributed by atoms with Gasteiger partial charge in [0.2, 0.25) is 0 Å². The number of hydrogen-bond donors (Lipinski definition) is 2. The molecule has 3 rings (SSSR count). The zero-order chi connectivity index (χ0) is 21.9. The number of benzene rings is 1. The van der Waals surface area contributed by atoms with Gasteiger partial charge in [0.05, 0.1) is 13.3 Å². The van der Waals surface area contributed by atoms with Gasteiger partial charge in [-0.15, -0.1) is 0 Å². The van der Waals surface area contributed by atoms with Crippen LogP contribution in [-0.2, 0) is 6.54 Å². The molecular weight excluding hydrogens is 396 g/mol. The van der Waals surface area contributed by atoms with Crippen LogP contribution in [0.4, 0.5) is 0 Å². The molecule has 1 aromatic heterocycles. The first kappa shape index (κ1) is 23.3. The number of β-amino-alcohol motifs (C(OH)–C–C–N with tert-alkyl or cyclic N) is 1. The lowest BCUT2D eigenvalue weighted by atomic mass is 10.2. The summed E-state index contributed by atoms with van der Waals surface area (Å²) in [5.74, 6) is 2.21. The van der Waals surface area contributed by atoms with E-state index in [-0.39, 0.29) is 6.61 Å². The Bertz CT molecular complexity index is 769. The van der Waals surface area contributed by atoms with Crippen molar-refractivity contribution in [3.05, 3.63) is 48.3 Å². The standard InChI is InChI=1S/C23H34N4O4/c1-26-9-11-27(12-10-26)17-20(28)18-31-23-14-21(29-2)6-5-19(23)15-25-8-13-30-22-4-3-7-24-16-22/h3-7,14,16,20,25,28H,8-13,15,17-18H2,1-2H3. The summed E-state index contributed by atoms with van der Waals surface area (Å²) in [6, 6.07) is 9.50. The largest absolute Gasteiger partial charge is 0.497 e. The van der Waals surface area contributed by atoms with Crippen molar-refractivity contribution in [2.75, 3.05) is 66.6 Å². The van der Waals surface area contributed by atoms with Crippen LogP contribution in [0.2, 0.25) is 0 Å². The number of methoxy groups -OCH3 is 1. The summed E-state index contributed by atoms with van der Waals surface area (Å²) in [6.45, 7) is 6.74. The maximum Gasteiger partial charge on any atom is 0.137 e. The van der Waals surface area contributed by atoms with Crippen LogP contribution >= 0.6 is 0 Å². The molecule has 0 bridgehead atoms. The highest BCUT2D eigenvalue weighted by Crippen LogP contribution is 2.25. The third kappa shape index (κ3) is 7.99. The van der Waals surface area contributed by atoms with Gasteiger partial charge in [-0.25, -0.2) is 0 Å². The van der Waals surface area contributed by atoms with E-state index in [1.807, 2.05) is 30.3 Å². The van der Waals surface area contributed by atoms with Gasteiger partial charge in [-0.3, -0.25) is 9.88 Å². The van der Waals surface area contributed by atoms with Gasteiger partial charge < -0.3 is 29.5 Å². The van der Waals surface area contributed by atoms with Crippen molar-refractivity contribution in [2.45, 2.75) is 12.6 Å². The van der Waals surface area contributed by atoms with Crippen molar-refractivity contribution >= 4 is 0 Å². The predicted octanol–water partition coefficient (Wildman–Crippen LogP) is 1.25. The quantitative estimate of drug-likeness (QED) is 0.487. The fraction of sp³-hybridized carbons (Fsp3) is 0.522. The van der Waals surface area contributed by atoms with Crippen LogP contribution in [0.15, 0.2) is 42.7 Å². The summed E-state index contributed by atoms with van der Waals surface area (Å²) in [6.07, 6.45) is 2.88. The summed E-state index contributed by atoms with van der Waals surface area (Å²) in [7, 11) is 3.76. The average molecular weight is 431 g/mol. The fourth-order valence-corrected chi connectivity index (χ4v) is 3.41. The first-order valence-corrected chi connectivity index (χ1v) is 10.8. The first-order chi connectivity index (χ1) is 15.1. The van der Waals surface area contributed by atoms with Gasteiger partial charge in [-0.2, -0.15) is 0 Å². The average Bonchev–Trinajstić information content (AvgIpc) is 2.80. The van der Waals surface area contributed by atoms with Crippen LogP contribution in [0.1, 0.15) is 5.56 Å². The number of nitrogens with zero attached hydrogens (tertiary/aromatic N) is 3. The molecule has 1 aliphatic heterocycles. The molecule has 1 aromatic carbocycles. The molecule has 0 saturated carbocycles. The molecule has 2 aromatic rings. The number of ether oxygens (including phenoxy) is 3. The van der Waals surface area contributed by atoms with Crippen molar-refractivity contribution < 1.29 is 19.3 Å². The van der Waals surface area contributed by atoms with E-state index in [1.165, 1.54) is 0 Å². The topological polar surface area (TPSA) is 79.3 Å². The molecule has 1 aliphatic rings. The van der Waals surface area contributed by atoms with Gasteiger partial charge in [0.15, 0.2) is 0 Å². The molecule has 0 radical (unpaired) electrons. The summed E-state index contributed by atoms with van der Waals surface area (Å²) in [5.41, 5.74) is 1.01. The highest BCUT2D eigenvalue weighted by molar-refractivity contribution is 5.40. The Morgan fingerprint density at radius 1 is 1.13 bits per heavy atom. The van der Waals surface area contributed by atoms with Gasteiger partial charge in [0, 0.05) is 63.6 Å². The Kier molecular flexibility index (Phi) is 9.36. The fourth-order valence-electron chi connectivity index (χ4n) is 3.41. The molecule has 0 aliphatic carbocycles. The van der Waals surface area contributed by atoms with Gasteiger partial charge in [0.25, 0.3) is 0 Å².